The lowest BCUT2D eigenvalue weighted by Crippen LogP contribution is -2.36. The van der Waals surface area contributed by atoms with Crippen LogP contribution in [0.15, 0.2) is 41.5 Å². The van der Waals surface area contributed by atoms with E-state index in [4.69, 9.17) is 14.2 Å². The van der Waals surface area contributed by atoms with Crippen LogP contribution in [0.4, 0.5) is 0 Å². The Hall–Kier alpha value is -2.80. The van der Waals surface area contributed by atoms with Crippen LogP contribution in [0.3, 0.4) is 0 Å². The van der Waals surface area contributed by atoms with Gasteiger partial charge in [-0.15, -0.1) is 0 Å². The standard InChI is InChI=1S/C25H34N4O3/c1-18-9-10-19(23(14-18)31-22-11-13-30-17-22)15-28-25(26-2)29-16-20-6-5-12-27-24(20)32-21-7-3-4-8-21/h5-6,9-10,12,14,21-22H,3-4,7-8,11,13,15-17H2,1-2H3,(H2,26,28,29). The molecule has 2 aromatic rings. The molecule has 172 valence electrons. The number of hydrogen-bond acceptors (Lipinski definition) is 5. The first kappa shape index (κ1) is 22.4. The van der Waals surface area contributed by atoms with Crippen LogP contribution in [-0.2, 0) is 17.8 Å². The number of ether oxygens (including phenoxy) is 3. The Morgan fingerprint density at radius 1 is 1.06 bits per heavy atom. The van der Waals surface area contributed by atoms with Gasteiger partial charge in [-0.3, -0.25) is 4.99 Å². The minimum absolute atomic E-state index is 0.122. The van der Waals surface area contributed by atoms with Gasteiger partial charge >= 0.3 is 0 Å². The number of hydrogen-bond donors (Lipinski definition) is 2. The molecule has 2 aliphatic rings. The Morgan fingerprint density at radius 2 is 1.88 bits per heavy atom. The molecule has 1 aliphatic heterocycles. The highest BCUT2D eigenvalue weighted by Crippen LogP contribution is 2.25. The number of rotatable bonds is 8. The van der Waals surface area contributed by atoms with E-state index in [9.17, 15) is 0 Å². The van der Waals surface area contributed by atoms with Gasteiger partial charge in [-0.2, -0.15) is 0 Å². The van der Waals surface area contributed by atoms with Crippen molar-refractivity contribution >= 4 is 5.96 Å². The fourth-order valence-corrected chi connectivity index (χ4v) is 4.11. The van der Waals surface area contributed by atoms with Crippen molar-refractivity contribution in [3.05, 3.63) is 53.2 Å². The summed E-state index contributed by atoms with van der Waals surface area (Å²) in [5.41, 5.74) is 3.30. The highest BCUT2D eigenvalue weighted by Gasteiger charge is 2.20. The van der Waals surface area contributed by atoms with Gasteiger partial charge in [-0.25, -0.2) is 4.98 Å². The maximum absolute atomic E-state index is 6.21. The predicted molar refractivity (Wildman–Crippen MR) is 125 cm³/mol. The van der Waals surface area contributed by atoms with Gasteiger partial charge in [-0.1, -0.05) is 18.2 Å². The number of nitrogens with zero attached hydrogens (tertiary/aromatic N) is 2. The summed E-state index contributed by atoms with van der Waals surface area (Å²) in [6.07, 6.45) is 7.82. The second-order valence-electron chi connectivity index (χ2n) is 8.49. The van der Waals surface area contributed by atoms with E-state index in [1.165, 1.54) is 18.4 Å². The van der Waals surface area contributed by atoms with Gasteiger partial charge in [-0.05, 0) is 50.3 Å². The van der Waals surface area contributed by atoms with Crippen LogP contribution in [0.2, 0.25) is 0 Å². The van der Waals surface area contributed by atoms with Crippen molar-refractivity contribution in [1.82, 2.24) is 15.6 Å². The van der Waals surface area contributed by atoms with Crippen LogP contribution < -0.4 is 20.1 Å². The minimum Gasteiger partial charge on any atom is -0.488 e. The van der Waals surface area contributed by atoms with Crippen molar-refractivity contribution in [2.45, 2.75) is 64.3 Å². The van der Waals surface area contributed by atoms with Crippen LogP contribution >= 0.6 is 0 Å². The highest BCUT2D eigenvalue weighted by molar-refractivity contribution is 5.79. The van der Waals surface area contributed by atoms with E-state index in [2.05, 4.69) is 45.7 Å². The van der Waals surface area contributed by atoms with Crippen LogP contribution in [0.25, 0.3) is 0 Å². The predicted octanol–water partition coefficient (Wildman–Crippen LogP) is 3.74. The lowest BCUT2D eigenvalue weighted by atomic mass is 10.1. The summed E-state index contributed by atoms with van der Waals surface area (Å²) >= 11 is 0. The molecule has 1 aliphatic carbocycles. The fraction of sp³-hybridized carbons (Fsp3) is 0.520. The van der Waals surface area contributed by atoms with Gasteiger partial charge in [0.15, 0.2) is 5.96 Å². The molecule has 0 radical (unpaired) electrons. The second-order valence-corrected chi connectivity index (χ2v) is 8.49. The van der Waals surface area contributed by atoms with Crippen LogP contribution in [0.5, 0.6) is 11.6 Å². The zero-order valence-corrected chi connectivity index (χ0v) is 19.1. The smallest absolute Gasteiger partial charge is 0.218 e. The molecule has 2 N–H and O–H groups in total. The number of aryl methyl sites for hydroxylation is 1. The Morgan fingerprint density at radius 3 is 2.62 bits per heavy atom. The molecule has 2 heterocycles. The molecule has 0 bridgehead atoms. The summed E-state index contributed by atoms with van der Waals surface area (Å²) in [4.78, 5) is 8.83. The van der Waals surface area contributed by atoms with Gasteiger partial charge in [0.25, 0.3) is 0 Å². The maximum atomic E-state index is 6.21. The first-order chi connectivity index (χ1) is 15.7. The molecule has 32 heavy (non-hydrogen) atoms. The number of pyridine rings is 1. The molecule has 7 heteroatoms. The summed E-state index contributed by atoms with van der Waals surface area (Å²) < 4.78 is 17.8. The van der Waals surface area contributed by atoms with Crippen LogP contribution in [0, 0.1) is 6.92 Å². The van der Waals surface area contributed by atoms with E-state index in [-0.39, 0.29) is 12.2 Å². The summed E-state index contributed by atoms with van der Waals surface area (Å²) in [5.74, 6) is 2.34. The van der Waals surface area contributed by atoms with Gasteiger partial charge in [0, 0.05) is 43.9 Å². The molecule has 1 saturated heterocycles. The molecular weight excluding hydrogens is 404 g/mol. The molecule has 7 nitrogen and oxygen atoms in total. The molecule has 1 aromatic carbocycles. The molecule has 2 fully saturated rings. The zero-order valence-electron chi connectivity index (χ0n) is 19.1. The lowest BCUT2D eigenvalue weighted by Gasteiger charge is -2.19. The highest BCUT2D eigenvalue weighted by atomic mass is 16.5. The maximum Gasteiger partial charge on any atom is 0.218 e. The van der Waals surface area contributed by atoms with Crippen molar-refractivity contribution in [3.63, 3.8) is 0 Å². The first-order valence-corrected chi connectivity index (χ1v) is 11.6. The van der Waals surface area contributed by atoms with Crippen LogP contribution in [0.1, 0.15) is 48.8 Å². The number of benzene rings is 1. The average Bonchev–Trinajstić information content (AvgIpc) is 3.50. The van der Waals surface area contributed by atoms with Gasteiger partial charge in [0.05, 0.1) is 13.2 Å². The number of nitrogens with one attached hydrogen (secondary N) is 2. The zero-order chi connectivity index (χ0) is 22.2. The molecule has 0 spiro atoms. The third-order valence-corrected chi connectivity index (χ3v) is 5.95. The fourth-order valence-electron chi connectivity index (χ4n) is 4.11. The Bertz CT molecular complexity index is 906. The molecule has 1 atom stereocenters. The Labute approximate surface area is 190 Å². The normalized spacial score (nSPS) is 19.2. The molecule has 1 saturated carbocycles. The second kappa shape index (κ2) is 11.2. The Balaban J connectivity index is 1.34. The molecule has 1 unspecified atom stereocenters. The minimum atomic E-state index is 0.122. The van der Waals surface area contributed by atoms with E-state index >= 15 is 0 Å². The third kappa shape index (κ3) is 6.13. The van der Waals surface area contributed by atoms with Crippen molar-refractivity contribution in [2.24, 2.45) is 4.99 Å². The third-order valence-electron chi connectivity index (χ3n) is 5.95. The van der Waals surface area contributed by atoms with Gasteiger partial charge in [0.1, 0.15) is 18.0 Å². The lowest BCUT2D eigenvalue weighted by molar-refractivity contribution is 0.140. The largest absolute Gasteiger partial charge is 0.488 e. The molecule has 0 amide bonds. The van der Waals surface area contributed by atoms with Gasteiger partial charge in [0.2, 0.25) is 5.88 Å². The SMILES string of the molecule is CN=C(NCc1ccc(C)cc1OC1CCOC1)NCc1cccnc1OC1CCCC1. The summed E-state index contributed by atoms with van der Waals surface area (Å²) in [6.45, 7) is 4.70. The topological polar surface area (TPSA) is 77.0 Å². The summed E-state index contributed by atoms with van der Waals surface area (Å²) in [7, 11) is 1.77. The van der Waals surface area contributed by atoms with E-state index < -0.39 is 0 Å². The van der Waals surface area contributed by atoms with E-state index in [1.54, 1.807) is 13.2 Å². The monoisotopic (exact) mass is 438 g/mol. The van der Waals surface area contributed by atoms with E-state index in [0.29, 0.717) is 19.7 Å². The first-order valence-electron chi connectivity index (χ1n) is 11.6. The van der Waals surface area contributed by atoms with Crippen molar-refractivity contribution in [3.8, 4) is 11.6 Å². The Kier molecular flexibility index (Phi) is 7.82. The molecular formula is C25H34N4O3. The van der Waals surface area contributed by atoms with Crippen molar-refractivity contribution < 1.29 is 14.2 Å². The quantitative estimate of drug-likeness (QED) is 0.483. The number of aliphatic imine (C=N–C) groups is 1. The summed E-state index contributed by atoms with van der Waals surface area (Å²) in [6, 6.07) is 10.3. The molecule has 4 rings (SSSR count). The van der Waals surface area contributed by atoms with E-state index in [1.807, 2.05) is 12.1 Å². The number of aromatic nitrogens is 1. The molecule has 1 aromatic heterocycles. The van der Waals surface area contributed by atoms with Crippen molar-refractivity contribution in [1.29, 1.82) is 0 Å². The van der Waals surface area contributed by atoms with E-state index in [0.717, 1.165) is 54.6 Å². The average molecular weight is 439 g/mol. The summed E-state index contributed by atoms with van der Waals surface area (Å²) in [5, 5.41) is 6.78. The van der Waals surface area contributed by atoms with Crippen molar-refractivity contribution in [2.75, 3.05) is 20.3 Å². The van der Waals surface area contributed by atoms with Crippen LogP contribution in [-0.4, -0.2) is 43.4 Å². The van der Waals surface area contributed by atoms with Gasteiger partial charge < -0.3 is 24.8 Å². The number of guanidine groups is 1.